The van der Waals surface area contributed by atoms with Gasteiger partial charge in [0.05, 0.1) is 45.1 Å². The molecule has 0 radical (unpaired) electrons. The lowest BCUT2D eigenvalue weighted by molar-refractivity contribution is 0.768. The van der Waals surface area contributed by atoms with E-state index < -0.39 is 13.3 Å². The minimum Gasteiger partial charge on any atom is -0.295 e. The molecule has 10 aromatic carbocycles. The van der Waals surface area contributed by atoms with E-state index in [2.05, 4.69) is 240 Å². The van der Waals surface area contributed by atoms with Gasteiger partial charge in [0, 0.05) is 33.0 Å². The molecule has 70 heavy (non-hydrogen) atoms. The molecule has 0 saturated carbocycles. The number of benzene rings is 10. The molecule has 0 spiro atoms. The molecule has 0 saturated heterocycles. The topological polar surface area (TPSA) is 35.6 Å². The molecular formula is C65H43N4P. The van der Waals surface area contributed by atoms with Gasteiger partial charge in [-0.1, -0.05) is 212 Å². The molecule has 0 amide bonds. The van der Waals surface area contributed by atoms with Gasteiger partial charge in [-0.3, -0.25) is 14.1 Å². The maximum atomic E-state index is 5.19. The molecule has 0 atom stereocenters. The average molecular weight is 911 g/mol. The van der Waals surface area contributed by atoms with Crippen LogP contribution in [0.15, 0.2) is 261 Å². The fourth-order valence-electron chi connectivity index (χ4n) is 11.5. The Labute approximate surface area is 407 Å². The van der Waals surface area contributed by atoms with Crippen LogP contribution in [-0.4, -0.2) is 19.1 Å². The predicted molar refractivity (Wildman–Crippen MR) is 292 cm³/mol. The van der Waals surface area contributed by atoms with Crippen LogP contribution < -0.4 is 15.9 Å². The van der Waals surface area contributed by atoms with Crippen molar-refractivity contribution in [1.29, 1.82) is 0 Å². The van der Waals surface area contributed by atoms with E-state index in [1.54, 1.807) is 0 Å². The minimum atomic E-state index is -0.865. The summed E-state index contributed by atoms with van der Waals surface area (Å²) in [5.41, 5.74) is 16.1. The predicted octanol–water partition coefficient (Wildman–Crippen LogP) is 14.5. The Kier molecular flexibility index (Phi) is 9.37. The first-order chi connectivity index (χ1) is 34.8. The van der Waals surface area contributed by atoms with E-state index in [0.29, 0.717) is 0 Å². The largest absolute Gasteiger partial charge is 0.295 e. The van der Waals surface area contributed by atoms with E-state index >= 15 is 0 Å². The van der Waals surface area contributed by atoms with Crippen molar-refractivity contribution in [2.75, 3.05) is 0 Å². The van der Waals surface area contributed by atoms with E-state index in [1.807, 2.05) is 30.5 Å². The lowest BCUT2D eigenvalue weighted by Crippen LogP contribution is -2.28. The highest BCUT2D eigenvalue weighted by molar-refractivity contribution is 7.79. The van der Waals surface area contributed by atoms with Gasteiger partial charge < -0.3 is 0 Å². The minimum absolute atomic E-state index is 0.564. The first kappa shape index (κ1) is 40.4. The molecule has 13 aromatic rings. The fourth-order valence-corrected chi connectivity index (χ4v) is 13.8. The number of nitrogens with zero attached hydrogens (tertiary/aromatic N) is 4. The number of rotatable bonds is 8. The van der Waals surface area contributed by atoms with E-state index in [-0.39, 0.29) is 0 Å². The first-order valence-corrected chi connectivity index (χ1v) is 25.2. The Morgan fingerprint density at radius 3 is 1.66 bits per heavy atom. The van der Waals surface area contributed by atoms with Gasteiger partial charge >= 0.3 is 0 Å². The quantitative estimate of drug-likeness (QED) is 0.142. The van der Waals surface area contributed by atoms with Gasteiger partial charge in [0.2, 0.25) is 0 Å². The third kappa shape index (κ3) is 6.07. The van der Waals surface area contributed by atoms with Crippen LogP contribution in [0.3, 0.4) is 0 Å². The highest BCUT2D eigenvalue weighted by atomic mass is 31.1. The summed E-state index contributed by atoms with van der Waals surface area (Å²) >= 11 is 0. The van der Waals surface area contributed by atoms with Crippen molar-refractivity contribution in [3.63, 3.8) is 0 Å². The van der Waals surface area contributed by atoms with E-state index in [4.69, 9.17) is 9.97 Å². The molecule has 4 nitrogen and oxygen atoms in total. The Hall–Kier alpha value is -8.69. The van der Waals surface area contributed by atoms with Crippen molar-refractivity contribution in [3.8, 4) is 33.8 Å². The maximum absolute atomic E-state index is 5.19. The molecule has 1 aliphatic rings. The molecule has 5 heteroatoms. The highest BCUT2D eigenvalue weighted by Crippen LogP contribution is 2.58. The van der Waals surface area contributed by atoms with Crippen LogP contribution in [0.4, 0.5) is 0 Å². The zero-order chi connectivity index (χ0) is 46.2. The van der Waals surface area contributed by atoms with Crippen LogP contribution in [0.2, 0.25) is 0 Å². The Morgan fingerprint density at radius 1 is 0.414 bits per heavy atom. The SMILES string of the molecule is c1ccc(-n2c3cc(P(c4ccccc4)c4ccccc4)ccc3c3c4ccc(-c5cnc6ccccc6n5)cc4n(-c4cccc5c4-c4ccccc4C5(c4ccccc4)c4ccccc4)c32)cc1. The van der Waals surface area contributed by atoms with Gasteiger partial charge in [-0.15, -0.1) is 0 Å². The molecule has 0 aliphatic heterocycles. The van der Waals surface area contributed by atoms with Gasteiger partial charge in [0.15, 0.2) is 0 Å². The normalized spacial score (nSPS) is 12.8. The van der Waals surface area contributed by atoms with Crippen LogP contribution in [0, 0.1) is 0 Å². The van der Waals surface area contributed by atoms with E-state index in [1.165, 1.54) is 71.0 Å². The standard InChI is InChI=1S/C65H43N4P/c1-6-21-45(22-7-1)65(46-23-8-2-9-24-46)54-32-17-16-31-51(54)63-55(65)33-20-36-59(63)69-60-41-44(58-43-66-56-34-18-19-35-57(56)67-58)37-39-52(60)62-53-40-38-50(42-61(53)68(64(62)69)47-25-10-3-11-26-47)70(48-27-12-4-13-28-48)49-29-14-5-15-30-49/h1-43H. The van der Waals surface area contributed by atoms with Gasteiger partial charge in [-0.25, -0.2) is 4.98 Å². The van der Waals surface area contributed by atoms with Crippen LogP contribution in [0.5, 0.6) is 0 Å². The molecule has 328 valence electrons. The number of para-hydroxylation sites is 3. The van der Waals surface area contributed by atoms with Crippen LogP contribution in [0.1, 0.15) is 22.3 Å². The Bertz CT molecular complexity index is 4030. The van der Waals surface area contributed by atoms with Crippen molar-refractivity contribution in [1.82, 2.24) is 19.1 Å². The van der Waals surface area contributed by atoms with Crippen LogP contribution in [0.25, 0.3) is 77.6 Å². The van der Waals surface area contributed by atoms with Crippen molar-refractivity contribution < 1.29 is 0 Å². The molecule has 0 N–H and O–H groups in total. The molecule has 0 unspecified atom stereocenters. The third-order valence-electron chi connectivity index (χ3n) is 14.4. The second-order valence-corrected chi connectivity index (χ2v) is 20.3. The van der Waals surface area contributed by atoms with E-state index in [0.717, 1.165) is 44.8 Å². The van der Waals surface area contributed by atoms with Gasteiger partial charge in [0.25, 0.3) is 0 Å². The lowest BCUT2D eigenvalue weighted by Gasteiger charge is -2.34. The van der Waals surface area contributed by atoms with Gasteiger partial charge in [-0.2, -0.15) is 0 Å². The molecule has 0 fully saturated rings. The molecule has 3 heterocycles. The third-order valence-corrected chi connectivity index (χ3v) is 16.8. The number of hydrogen-bond acceptors (Lipinski definition) is 2. The summed E-state index contributed by atoms with van der Waals surface area (Å²) in [7, 11) is -0.865. The monoisotopic (exact) mass is 910 g/mol. The van der Waals surface area contributed by atoms with Crippen molar-refractivity contribution in [3.05, 3.63) is 283 Å². The fraction of sp³-hybridized carbons (Fsp3) is 0.0154. The number of fused-ring (bicyclic) bond motifs is 9. The average Bonchev–Trinajstić information content (AvgIpc) is 4.06. The second-order valence-electron chi connectivity index (χ2n) is 18.1. The zero-order valence-corrected chi connectivity index (χ0v) is 39.0. The summed E-state index contributed by atoms with van der Waals surface area (Å²) in [5, 5.41) is 7.54. The lowest BCUT2D eigenvalue weighted by atomic mass is 9.68. The molecule has 1 aliphatic carbocycles. The summed E-state index contributed by atoms with van der Waals surface area (Å²) in [5.74, 6) is 0. The molecular weight excluding hydrogens is 868 g/mol. The smallest absolute Gasteiger partial charge is 0.131 e. The van der Waals surface area contributed by atoms with Gasteiger partial charge in [-0.05, 0) is 94.1 Å². The van der Waals surface area contributed by atoms with Crippen LogP contribution >= 0.6 is 7.92 Å². The summed E-state index contributed by atoms with van der Waals surface area (Å²) in [6.45, 7) is 0. The van der Waals surface area contributed by atoms with Crippen LogP contribution in [-0.2, 0) is 5.41 Å². The second kappa shape index (κ2) is 16.2. The van der Waals surface area contributed by atoms with E-state index in [9.17, 15) is 0 Å². The van der Waals surface area contributed by atoms with Crippen molar-refractivity contribution in [2.45, 2.75) is 5.41 Å². The number of hydrogen-bond donors (Lipinski definition) is 0. The molecule has 0 bridgehead atoms. The summed E-state index contributed by atoms with van der Waals surface area (Å²) in [6, 6.07) is 93.5. The maximum Gasteiger partial charge on any atom is 0.131 e. The summed E-state index contributed by atoms with van der Waals surface area (Å²) in [4.78, 5) is 10.1. The highest BCUT2D eigenvalue weighted by Gasteiger charge is 2.47. The van der Waals surface area contributed by atoms with Crippen molar-refractivity contribution in [2.24, 2.45) is 0 Å². The van der Waals surface area contributed by atoms with Gasteiger partial charge in [0.1, 0.15) is 5.65 Å². The zero-order valence-electron chi connectivity index (χ0n) is 38.1. The molecule has 14 rings (SSSR count). The first-order valence-electron chi connectivity index (χ1n) is 23.9. The Morgan fingerprint density at radius 2 is 0.971 bits per heavy atom. The molecule has 3 aromatic heterocycles. The summed E-state index contributed by atoms with van der Waals surface area (Å²) < 4.78 is 5.09. The number of aromatic nitrogens is 4. The Balaban J connectivity index is 1.13. The summed E-state index contributed by atoms with van der Waals surface area (Å²) in [6.07, 6.45) is 1.92. The van der Waals surface area contributed by atoms with Crippen molar-refractivity contribution >= 4 is 67.7 Å².